The first kappa shape index (κ1) is 34.9. The molecule has 1 aliphatic heterocycles. The Morgan fingerprint density at radius 3 is 2.57 bits per heavy atom. The van der Waals surface area contributed by atoms with Crippen LogP contribution in [-0.2, 0) is 16.1 Å². The van der Waals surface area contributed by atoms with Crippen LogP contribution < -0.4 is 39.5 Å². The smallest absolute Gasteiger partial charge is 0.311 e. The molecule has 46 heavy (non-hydrogen) atoms. The highest BCUT2D eigenvalue weighted by atomic mass is 127. The first-order valence-corrected chi connectivity index (χ1v) is 15.3. The number of carbonyl (C=O) groups excluding carboxylic acids is 2. The Morgan fingerprint density at radius 1 is 1.07 bits per heavy atom. The number of ether oxygens (including phenoxy) is 1. The Bertz CT molecular complexity index is 1630. The van der Waals surface area contributed by atoms with Gasteiger partial charge in [-0.1, -0.05) is 18.2 Å². The van der Waals surface area contributed by atoms with Crippen LogP contribution in [0.25, 0.3) is 11.3 Å². The Morgan fingerprint density at radius 2 is 1.85 bits per heavy atom. The number of piperazine rings is 1. The molecule has 0 aliphatic carbocycles. The fraction of sp³-hybridized carbons (Fsp3) is 0.343. The summed E-state index contributed by atoms with van der Waals surface area (Å²) in [5, 5.41) is 6.29. The van der Waals surface area contributed by atoms with Crippen LogP contribution >= 0.6 is 0 Å². The van der Waals surface area contributed by atoms with Gasteiger partial charge in [0.05, 0.1) is 31.2 Å². The normalized spacial score (nSPS) is 16.6. The summed E-state index contributed by atoms with van der Waals surface area (Å²) in [5.41, 5.74) is 5.33. The highest BCUT2D eigenvalue weighted by Gasteiger charge is 2.31. The van der Waals surface area contributed by atoms with E-state index in [1.54, 1.807) is 18.6 Å². The number of carbonyl (C=O) groups is 2. The lowest BCUT2D eigenvalue weighted by molar-refractivity contribution is -0.911. The average molecular weight is 736 g/mol. The van der Waals surface area contributed by atoms with Crippen molar-refractivity contribution in [3.05, 3.63) is 95.9 Å². The second-order valence-corrected chi connectivity index (χ2v) is 12.7. The number of likely N-dealkylation sites (N-methyl/N-ethyl adjacent to an activating group) is 1. The SMILES string of the molecule is Cc1ccc(NC(=O)c2ccc(CN3CC[NH+](C)C(COC(=O)C(C)(C)C)C3)cc2)cc1Nc1nccc(-c2cccnc2)n1.[I-]. The maximum absolute atomic E-state index is 13.1. The summed E-state index contributed by atoms with van der Waals surface area (Å²) >= 11 is 0. The van der Waals surface area contributed by atoms with Crippen molar-refractivity contribution >= 4 is 29.2 Å². The Kier molecular flexibility index (Phi) is 11.8. The highest BCUT2D eigenvalue weighted by Crippen LogP contribution is 2.25. The molecule has 0 saturated carbocycles. The van der Waals surface area contributed by atoms with E-state index in [0.717, 1.165) is 54.3 Å². The number of pyridine rings is 1. The topological polar surface area (TPSA) is 114 Å². The summed E-state index contributed by atoms with van der Waals surface area (Å²) in [4.78, 5) is 42.3. The van der Waals surface area contributed by atoms with Crippen molar-refractivity contribution < 1.29 is 43.2 Å². The largest absolute Gasteiger partial charge is 1.00 e. The minimum Gasteiger partial charge on any atom is -1.00 e. The van der Waals surface area contributed by atoms with Crippen molar-refractivity contribution in [2.45, 2.75) is 40.3 Å². The molecule has 3 N–H and O–H groups in total. The maximum Gasteiger partial charge on any atom is 0.311 e. The number of quaternary nitrogens is 1. The van der Waals surface area contributed by atoms with E-state index in [9.17, 15) is 9.59 Å². The van der Waals surface area contributed by atoms with Crippen LogP contribution in [0.1, 0.15) is 42.3 Å². The van der Waals surface area contributed by atoms with Crippen molar-refractivity contribution in [2.24, 2.45) is 5.41 Å². The number of anilines is 3. The number of hydrogen-bond acceptors (Lipinski definition) is 8. The molecular weight excluding hydrogens is 693 g/mol. The molecule has 0 bridgehead atoms. The quantitative estimate of drug-likeness (QED) is 0.174. The van der Waals surface area contributed by atoms with Crippen LogP contribution in [0.3, 0.4) is 0 Å². The summed E-state index contributed by atoms with van der Waals surface area (Å²) in [6.45, 7) is 11.6. The number of halogens is 1. The van der Waals surface area contributed by atoms with Gasteiger partial charge < -0.3 is 44.2 Å². The highest BCUT2D eigenvalue weighted by molar-refractivity contribution is 6.04. The van der Waals surface area contributed by atoms with E-state index in [-0.39, 0.29) is 41.9 Å². The maximum atomic E-state index is 13.1. The van der Waals surface area contributed by atoms with Gasteiger partial charge in [-0.2, -0.15) is 0 Å². The van der Waals surface area contributed by atoms with Gasteiger partial charge in [0.25, 0.3) is 5.91 Å². The van der Waals surface area contributed by atoms with Crippen molar-refractivity contribution in [2.75, 3.05) is 43.9 Å². The fourth-order valence-electron chi connectivity index (χ4n) is 5.10. The number of nitrogens with zero attached hydrogens (tertiary/aromatic N) is 4. The molecule has 1 aliphatic rings. The summed E-state index contributed by atoms with van der Waals surface area (Å²) < 4.78 is 5.63. The molecule has 2 aromatic carbocycles. The van der Waals surface area contributed by atoms with Gasteiger partial charge in [0.15, 0.2) is 0 Å². The molecule has 2 unspecified atom stereocenters. The van der Waals surface area contributed by atoms with Crippen LogP contribution in [0.15, 0.2) is 79.3 Å². The fourth-order valence-corrected chi connectivity index (χ4v) is 5.10. The monoisotopic (exact) mass is 735 g/mol. The average Bonchev–Trinajstić information content (AvgIpc) is 3.03. The molecule has 242 valence electrons. The van der Waals surface area contributed by atoms with Crippen molar-refractivity contribution in [3.63, 3.8) is 0 Å². The zero-order chi connectivity index (χ0) is 32.0. The van der Waals surface area contributed by atoms with E-state index in [2.05, 4.69) is 37.5 Å². The second-order valence-electron chi connectivity index (χ2n) is 12.7. The Labute approximate surface area is 288 Å². The van der Waals surface area contributed by atoms with Crippen LogP contribution in [0.2, 0.25) is 0 Å². The van der Waals surface area contributed by atoms with Gasteiger partial charge >= 0.3 is 5.97 Å². The lowest BCUT2D eigenvalue weighted by Crippen LogP contribution is -3.16. The number of aromatic nitrogens is 3. The van der Waals surface area contributed by atoms with E-state index in [1.807, 2.05) is 88.4 Å². The van der Waals surface area contributed by atoms with Gasteiger partial charge in [0.2, 0.25) is 5.95 Å². The third-order valence-electron chi connectivity index (χ3n) is 8.00. The number of aryl methyl sites for hydroxylation is 1. The predicted octanol–water partition coefficient (Wildman–Crippen LogP) is 1.14. The molecule has 1 saturated heterocycles. The molecule has 1 amide bonds. The number of amides is 1. The Balaban J connectivity index is 0.00000480. The summed E-state index contributed by atoms with van der Waals surface area (Å²) in [6, 6.07) is 19.3. The molecule has 0 spiro atoms. The first-order valence-electron chi connectivity index (χ1n) is 15.3. The molecule has 10 nitrogen and oxygen atoms in total. The number of benzene rings is 2. The summed E-state index contributed by atoms with van der Waals surface area (Å²) in [6.07, 6.45) is 5.19. The number of nitrogens with one attached hydrogen (secondary N) is 3. The van der Waals surface area contributed by atoms with Crippen LogP contribution in [0, 0.1) is 12.3 Å². The third-order valence-corrected chi connectivity index (χ3v) is 8.00. The molecular formula is C35H42IN7O3. The zero-order valence-electron chi connectivity index (χ0n) is 27.0. The van der Waals surface area contributed by atoms with Gasteiger partial charge in [-0.15, -0.1) is 0 Å². The van der Waals surface area contributed by atoms with E-state index < -0.39 is 5.41 Å². The van der Waals surface area contributed by atoms with Crippen LogP contribution in [-0.4, -0.2) is 71.1 Å². The second kappa shape index (κ2) is 15.6. The Hall–Kier alpha value is -3.94. The molecule has 2 atom stereocenters. The summed E-state index contributed by atoms with van der Waals surface area (Å²) in [5.74, 6) is 0.104. The van der Waals surface area contributed by atoms with Crippen LogP contribution in [0.4, 0.5) is 17.3 Å². The van der Waals surface area contributed by atoms with E-state index in [1.165, 1.54) is 4.90 Å². The van der Waals surface area contributed by atoms with E-state index in [0.29, 0.717) is 23.8 Å². The van der Waals surface area contributed by atoms with Gasteiger partial charge in [-0.3, -0.25) is 19.5 Å². The van der Waals surface area contributed by atoms with Gasteiger partial charge in [-0.05, 0) is 81.3 Å². The standard InChI is InChI=1S/C35H41N7O3.HI/c1-24-8-13-28(19-31(24)40-34-37-16-14-30(39-34)27-7-6-15-36-20-27)38-32(43)26-11-9-25(10-12-26)21-42-18-17-41(5)29(22-42)23-45-33(44)35(2,3)4;/h6-16,19-20,29H,17-18,21-23H2,1-5H3,(H,38,43)(H,37,39,40);1H. The molecule has 5 rings (SSSR count). The molecule has 4 aromatic rings. The van der Waals surface area contributed by atoms with Crippen molar-refractivity contribution in [1.29, 1.82) is 0 Å². The number of rotatable bonds is 9. The van der Waals surface area contributed by atoms with Gasteiger partial charge in [0, 0.05) is 54.2 Å². The third kappa shape index (κ3) is 9.30. The molecule has 11 heteroatoms. The molecule has 1 fully saturated rings. The first-order chi connectivity index (χ1) is 21.5. The van der Waals surface area contributed by atoms with E-state index in [4.69, 9.17) is 4.74 Å². The predicted molar refractivity (Wildman–Crippen MR) is 175 cm³/mol. The number of esters is 1. The minimum atomic E-state index is -0.502. The molecule has 2 aromatic heterocycles. The number of hydrogen-bond donors (Lipinski definition) is 3. The lowest BCUT2D eigenvalue weighted by atomic mass is 9.97. The van der Waals surface area contributed by atoms with E-state index >= 15 is 0 Å². The van der Waals surface area contributed by atoms with Gasteiger partial charge in [-0.25, -0.2) is 9.97 Å². The van der Waals surface area contributed by atoms with Crippen molar-refractivity contribution in [3.8, 4) is 11.3 Å². The van der Waals surface area contributed by atoms with Crippen LogP contribution in [0.5, 0.6) is 0 Å². The molecule has 3 heterocycles. The minimum absolute atomic E-state index is 0. The lowest BCUT2D eigenvalue weighted by Gasteiger charge is -2.36. The van der Waals surface area contributed by atoms with Gasteiger partial charge in [0.1, 0.15) is 12.6 Å². The summed E-state index contributed by atoms with van der Waals surface area (Å²) in [7, 11) is 2.16. The molecule has 0 radical (unpaired) electrons. The zero-order valence-corrected chi connectivity index (χ0v) is 29.2. The van der Waals surface area contributed by atoms with Crippen molar-refractivity contribution in [1.82, 2.24) is 19.9 Å².